The summed E-state index contributed by atoms with van der Waals surface area (Å²) in [7, 11) is 0. The van der Waals surface area contributed by atoms with Crippen molar-refractivity contribution in [2.24, 2.45) is 11.8 Å². The number of benzene rings is 2. The highest BCUT2D eigenvalue weighted by molar-refractivity contribution is 5.99. The number of nitrogens with one attached hydrogen (secondary N) is 1. The molecule has 268 valence electrons. The Kier molecular flexibility index (Phi) is 12.3. The molecule has 2 N–H and O–H groups in total. The van der Waals surface area contributed by atoms with Crippen LogP contribution >= 0.6 is 0 Å². The van der Waals surface area contributed by atoms with Gasteiger partial charge in [-0.15, -0.1) is 13.2 Å². The smallest absolute Gasteiger partial charge is 0.306 e. The third-order valence-corrected chi connectivity index (χ3v) is 10.5. The fourth-order valence-corrected chi connectivity index (χ4v) is 8.20. The van der Waals surface area contributed by atoms with Gasteiger partial charge in [0.1, 0.15) is 18.2 Å². The molecule has 0 saturated carbocycles. The summed E-state index contributed by atoms with van der Waals surface area (Å²) < 4.78 is 12.3. The molecule has 1 unspecified atom stereocenters. The van der Waals surface area contributed by atoms with Crippen LogP contribution in [0.1, 0.15) is 69.5 Å². The summed E-state index contributed by atoms with van der Waals surface area (Å²) in [5.41, 5.74) is 0.419. The van der Waals surface area contributed by atoms with Crippen molar-refractivity contribution in [1.29, 1.82) is 0 Å². The molecule has 50 heavy (non-hydrogen) atoms. The van der Waals surface area contributed by atoms with Gasteiger partial charge >= 0.3 is 5.97 Å². The minimum Gasteiger partial charge on any atom is -0.463 e. The normalized spacial score (nSPS) is 25.3. The van der Waals surface area contributed by atoms with Crippen LogP contribution in [0.2, 0.25) is 0 Å². The van der Waals surface area contributed by atoms with Crippen LogP contribution in [-0.2, 0) is 35.1 Å². The summed E-state index contributed by atoms with van der Waals surface area (Å²) >= 11 is 0. The number of carbonyl (C=O) groups excluding carboxylic acids is 4. The van der Waals surface area contributed by atoms with Crippen LogP contribution in [0.4, 0.5) is 0 Å². The Labute approximate surface area is 295 Å². The molecule has 2 aromatic carbocycles. The number of aliphatic hydroxyl groups is 1. The van der Waals surface area contributed by atoms with Gasteiger partial charge in [-0.05, 0) is 50.2 Å². The molecule has 2 aromatic rings. The van der Waals surface area contributed by atoms with Gasteiger partial charge in [-0.2, -0.15) is 0 Å². The zero-order valence-corrected chi connectivity index (χ0v) is 29.2. The van der Waals surface area contributed by atoms with Crippen molar-refractivity contribution in [3.05, 3.63) is 97.1 Å². The van der Waals surface area contributed by atoms with Crippen LogP contribution in [-0.4, -0.2) is 88.2 Å². The standard InChI is InChI=1S/C40H51N3O7/c1-5-8-20-33(45)49-26-31(29-18-13-10-14-19-29)41-37(46)34-32-21-22-40(50-32)35(34)38(47)43(30(25-44)24-28-16-11-9-12-17-28)36(40)39(48)42(23-7-3)27(4)15-6-2/h5,7,9-14,16-19,27,30-32,34-36,44H,1,3,6,8,15,20-26H2,2,4H3,(H,41,46)/t27?,30-,31-,32-,34+,35+,36-,40+/m1/s1. The Morgan fingerprint density at radius 3 is 2.46 bits per heavy atom. The van der Waals surface area contributed by atoms with E-state index >= 15 is 0 Å². The topological polar surface area (TPSA) is 125 Å². The largest absolute Gasteiger partial charge is 0.463 e. The Morgan fingerprint density at radius 1 is 1.12 bits per heavy atom. The molecule has 1 spiro atoms. The molecule has 0 aromatic heterocycles. The number of ether oxygens (including phenoxy) is 2. The summed E-state index contributed by atoms with van der Waals surface area (Å²) in [6, 6.07) is 16.2. The van der Waals surface area contributed by atoms with Crippen LogP contribution in [0.25, 0.3) is 0 Å². The van der Waals surface area contributed by atoms with E-state index in [0.717, 1.165) is 24.0 Å². The first-order valence-corrected chi connectivity index (χ1v) is 17.9. The second-order valence-electron chi connectivity index (χ2n) is 13.7. The zero-order valence-electron chi connectivity index (χ0n) is 29.2. The molecule has 0 aliphatic carbocycles. The van der Waals surface area contributed by atoms with E-state index in [2.05, 4.69) is 25.4 Å². The van der Waals surface area contributed by atoms with E-state index in [4.69, 9.17) is 9.47 Å². The number of likely N-dealkylation sites (tertiary alicyclic amines) is 1. The van der Waals surface area contributed by atoms with Gasteiger partial charge in [0, 0.05) is 19.0 Å². The van der Waals surface area contributed by atoms with E-state index in [1.807, 2.05) is 67.6 Å². The number of aliphatic hydroxyl groups excluding tert-OH is 1. The average molecular weight is 686 g/mol. The molecule has 3 aliphatic rings. The monoisotopic (exact) mass is 685 g/mol. The third kappa shape index (κ3) is 7.42. The number of fused-ring (bicyclic) bond motifs is 1. The molecule has 3 saturated heterocycles. The number of hydrogen-bond acceptors (Lipinski definition) is 7. The lowest BCUT2D eigenvalue weighted by Crippen LogP contribution is -2.60. The first kappa shape index (κ1) is 37.0. The molecule has 0 radical (unpaired) electrons. The van der Waals surface area contributed by atoms with Crippen molar-refractivity contribution < 1.29 is 33.8 Å². The predicted molar refractivity (Wildman–Crippen MR) is 189 cm³/mol. The molecule has 3 amide bonds. The maximum absolute atomic E-state index is 14.8. The molecule has 3 aliphatic heterocycles. The molecule has 3 heterocycles. The molecule has 2 bridgehead atoms. The van der Waals surface area contributed by atoms with Gasteiger partial charge in [-0.1, -0.05) is 86.2 Å². The van der Waals surface area contributed by atoms with E-state index in [1.165, 1.54) is 4.90 Å². The maximum atomic E-state index is 14.8. The van der Waals surface area contributed by atoms with Crippen molar-refractivity contribution >= 4 is 23.7 Å². The summed E-state index contributed by atoms with van der Waals surface area (Å²) in [5.74, 6) is -3.24. The molecular weight excluding hydrogens is 634 g/mol. The summed E-state index contributed by atoms with van der Waals surface area (Å²) in [4.78, 5) is 59.8. The highest BCUT2D eigenvalue weighted by Crippen LogP contribution is 2.59. The van der Waals surface area contributed by atoms with Crippen LogP contribution in [0, 0.1) is 11.8 Å². The average Bonchev–Trinajstić information content (AvgIpc) is 3.78. The highest BCUT2D eigenvalue weighted by atomic mass is 16.5. The molecule has 10 heteroatoms. The van der Waals surface area contributed by atoms with Gasteiger partial charge in [0.15, 0.2) is 0 Å². The van der Waals surface area contributed by atoms with Crippen LogP contribution in [0.3, 0.4) is 0 Å². The lowest BCUT2D eigenvalue weighted by Gasteiger charge is -2.41. The summed E-state index contributed by atoms with van der Waals surface area (Å²) in [6.45, 7) is 11.4. The van der Waals surface area contributed by atoms with Gasteiger partial charge in [0.2, 0.25) is 17.7 Å². The minimum absolute atomic E-state index is 0.0868. The zero-order chi connectivity index (χ0) is 35.8. The number of amides is 3. The summed E-state index contributed by atoms with van der Waals surface area (Å²) in [5, 5.41) is 13.9. The van der Waals surface area contributed by atoms with Crippen molar-refractivity contribution in [1.82, 2.24) is 15.1 Å². The number of allylic oxidation sites excluding steroid dienone is 1. The number of nitrogens with zero attached hydrogens (tertiary/aromatic N) is 2. The van der Waals surface area contributed by atoms with E-state index < -0.39 is 53.5 Å². The first-order chi connectivity index (χ1) is 24.2. The van der Waals surface area contributed by atoms with Crippen LogP contribution < -0.4 is 5.32 Å². The number of rotatable bonds is 18. The van der Waals surface area contributed by atoms with Gasteiger partial charge in [-0.25, -0.2) is 0 Å². The highest BCUT2D eigenvalue weighted by Gasteiger charge is 2.75. The van der Waals surface area contributed by atoms with Crippen LogP contribution in [0.5, 0.6) is 0 Å². The van der Waals surface area contributed by atoms with Crippen molar-refractivity contribution in [3.63, 3.8) is 0 Å². The Morgan fingerprint density at radius 2 is 1.82 bits per heavy atom. The molecule has 8 atom stereocenters. The molecule has 3 fully saturated rings. The van der Waals surface area contributed by atoms with Crippen molar-refractivity contribution in [2.45, 2.75) is 94.7 Å². The van der Waals surface area contributed by atoms with E-state index in [-0.39, 0.29) is 37.5 Å². The number of carbonyl (C=O) groups is 4. The quantitative estimate of drug-likeness (QED) is 0.175. The molecular formula is C40H51N3O7. The number of esters is 1. The third-order valence-electron chi connectivity index (χ3n) is 10.5. The molecule has 10 nitrogen and oxygen atoms in total. The second kappa shape index (κ2) is 16.6. The first-order valence-electron chi connectivity index (χ1n) is 17.9. The lowest BCUT2D eigenvalue weighted by atomic mass is 9.70. The van der Waals surface area contributed by atoms with E-state index in [1.54, 1.807) is 17.1 Å². The van der Waals surface area contributed by atoms with Gasteiger partial charge < -0.3 is 29.7 Å². The fraction of sp³-hybridized carbons (Fsp3) is 0.500. The minimum atomic E-state index is -1.24. The van der Waals surface area contributed by atoms with E-state index in [9.17, 15) is 24.3 Å². The van der Waals surface area contributed by atoms with Gasteiger partial charge in [0.05, 0.1) is 36.6 Å². The second-order valence-corrected chi connectivity index (χ2v) is 13.7. The molecule has 5 rings (SSSR count). The lowest BCUT2D eigenvalue weighted by molar-refractivity contribution is -0.152. The van der Waals surface area contributed by atoms with Gasteiger partial charge in [0.25, 0.3) is 0 Å². The fourth-order valence-electron chi connectivity index (χ4n) is 8.20. The van der Waals surface area contributed by atoms with Gasteiger partial charge in [-0.3, -0.25) is 19.2 Å². The Hall–Kier alpha value is -4.28. The predicted octanol–water partition coefficient (Wildman–Crippen LogP) is 4.53. The number of hydrogen-bond donors (Lipinski definition) is 2. The van der Waals surface area contributed by atoms with Crippen molar-refractivity contribution in [2.75, 3.05) is 19.8 Å². The van der Waals surface area contributed by atoms with E-state index in [0.29, 0.717) is 32.2 Å². The van der Waals surface area contributed by atoms with Crippen molar-refractivity contribution in [3.8, 4) is 0 Å². The SMILES string of the molecule is C=CCCC(=O)OC[C@@H](NC(=O)[C@@H]1[C@H]2C(=O)N([C@@H](CO)Cc3ccccc3)[C@H](C(=O)N(CC=C)C(C)CCC)[C@]23CC[C@H]1O3)c1ccccc1. The van der Waals surface area contributed by atoms with Crippen LogP contribution in [0.15, 0.2) is 86.0 Å². The Bertz CT molecular complexity index is 1520. The summed E-state index contributed by atoms with van der Waals surface area (Å²) in [6.07, 6.45) is 6.30. The maximum Gasteiger partial charge on any atom is 0.306 e. The Balaban J connectivity index is 1.50.